The third kappa shape index (κ3) is 4.82. The second-order valence-electron chi connectivity index (χ2n) is 8.36. The first kappa shape index (κ1) is 23.5. The smallest absolute Gasteiger partial charge is 0.261 e. The molecule has 34 heavy (non-hydrogen) atoms. The van der Waals surface area contributed by atoms with Crippen molar-refractivity contribution in [3.05, 3.63) is 88.9 Å². The van der Waals surface area contributed by atoms with Crippen LogP contribution in [0.5, 0.6) is 0 Å². The molecule has 1 unspecified atom stereocenters. The predicted octanol–water partition coefficient (Wildman–Crippen LogP) is 4.63. The van der Waals surface area contributed by atoms with E-state index in [1.807, 2.05) is 67.6 Å². The number of para-hydroxylation sites is 1. The van der Waals surface area contributed by atoms with Crippen LogP contribution in [0.1, 0.15) is 37.3 Å². The van der Waals surface area contributed by atoms with E-state index in [4.69, 9.17) is 11.6 Å². The zero-order chi connectivity index (χ0) is 24.2. The molecule has 0 fully saturated rings. The van der Waals surface area contributed by atoms with E-state index in [1.165, 1.54) is 5.01 Å². The lowest BCUT2D eigenvalue weighted by Gasteiger charge is -2.27. The number of carbonyl (C=O) groups excluding carboxylic acids is 3. The van der Waals surface area contributed by atoms with Crippen molar-refractivity contribution >= 4 is 35.0 Å². The Balaban J connectivity index is 1.47. The molecule has 3 amide bonds. The largest absolute Gasteiger partial charge is 0.345 e. The standard InChI is InChI=1S/C27H26ClN3O3/c1-17-20-10-4-5-11-21(20)22-12-6-8-14-24(22)31(27(17)34)30-26(33)18(2)29-25(32)16-15-19-9-3-7-13-23(19)28/h3-14,17-18H,15-16H2,1-2H3,(H,29,32)(H,30,33)/t17?,18-/m0/s1. The van der Waals surface area contributed by atoms with Crippen LogP contribution in [-0.4, -0.2) is 23.8 Å². The average Bonchev–Trinajstić information content (AvgIpc) is 2.93. The minimum Gasteiger partial charge on any atom is -0.345 e. The van der Waals surface area contributed by atoms with Gasteiger partial charge in [0.05, 0.1) is 11.6 Å². The van der Waals surface area contributed by atoms with Crippen LogP contribution in [0.4, 0.5) is 5.69 Å². The second-order valence-corrected chi connectivity index (χ2v) is 8.76. The van der Waals surface area contributed by atoms with Crippen LogP contribution in [0.2, 0.25) is 5.02 Å². The van der Waals surface area contributed by atoms with Crippen molar-refractivity contribution in [2.24, 2.45) is 0 Å². The van der Waals surface area contributed by atoms with Gasteiger partial charge < -0.3 is 5.32 Å². The van der Waals surface area contributed by atoms with E-state index in [9.17, 15) is 14.4 Å². The Morgan fingerprint density at radius 1 is 0.971 bits per heavy atom. The van der Waals surface area contributed by atoms with Crippen molar-refractivity contribution in [3.8, 4) is 11.1 Å². The summed E-state index contributed by atoms with van der Waals surface area (Å²) in [7, 11) is 0. The molecule has 2 atom stereocenters. The first-order chi connectivity index (χ1) is 16.4. The number of amides is 3. The van der Waals surface area contributed by atoms with Gasteiger partial charge in [0.15, 0.2) is 0 Å². The Morgan fingerprint density at radius 3 is 2.38 bits per heavy atom. The zero-order valence-corrected chi connectivity index (χ0v) is 19.8. The van der Waals surface area contributed by atoms with Gasteiger partial charge in [-0.2, -0.15) is 0 Å². The number of hydrazine groups is 1. The van der Waals surface area contributed by atoms with Gasteiger partial charge in [0, 0.05) is 17.0 Å². The van der Waals surface area contributed by atoms with Crippen molar-refractivity contribution in [1.82, 2.24) is 10.7 Å². The van der Waals surface area contributed by atoms with E-state index in [2.05, 4.69) is 10.7 Å². The number of hydrogen-bond acceptors (Lipinski definition) is 3. The maximum absolute atomic E-state index is 13.4. The van der Waals surface area contributed by atoms with E-state index >= 15 is 0 Å². The van der Waals surface area contributed by atoms with Gasteiger partial charge >= 0.3 is 0 Å². The molecule has 6 nitrogen and oxygen atoms in total. The Hall–Kier alpha value is -3.64. The molecule has 7 heteroatoms. The molecule has 0 radical (unpaired) electrons. The Morgan fingerprint density at radius 2 is 1.62 bits per heavy atom. The molecule has 174 valence electrons. The van der Waals surface area contributed by atoms with Crippen LogP contribution in [0, 0.1) is 0 Å². The minimum absolute atomic E-state index is 0.194. The second kappa shape index (κ2) is 10.1. The molecule has 0 spiro atoms. The summed E-state index contributed by atoms with van der Waals surface area (Å²) in [5.74, 6) is -1.45. The number of anilines is 1. The van der Waals surface area contributed by atoms with Gasteiger partial charge in [-0.05, 0) is 49.1 Å². The third-order valence-electron chi connectivity index (χ3n) is 6.03. The maximum Gasteiger partial charge on any atom is 0.261 e. The fourth-order valence-electron chi connectivity index (χ4n) is 4.11. The number of aryl methyl sites for hydroxylation is 1. The van der Waals surface area contributed by atoms with Crippen LogP contribution in [-0.2, 0) is 20.8 Å². The van der Waals surface area contributed by atoms with Gasteiger partial charge in [-0.3, -0.25) is 19.8 Å². The fraction of sp³-hybridized carbons (Fsp3) is 0.222. The van der Waals surface area contributed by atoms with E-state index in [0.717, 1.165) is 22.3 Å². The number of rotatable bonds is 6. The highest BCUT2D eigenvalue weighted by atomic mass is 35.5. The van der Waals surface area contributed by atoms with Crippen LogP contribution in [0.15, 0.2) is 72.8 Å². The monoisotopic (exact) mass is 475 g/mol. The molecule has 3 aromatic carbocycles. The summed E-state index contributed by atoms with van der Waals surface area (Å²) in [6.45, 7) is 3.42. The Kier molecular flexibility index (Phi) is 6.98. The van der Waals surface area contributed by atoms with E-state index < -0.39 is 17.9 Å². The lowest BCUT2D eigenvalue weighted by atomic mass is 9.92. The summed E-state index contributed by atoms with van der Waals surface area (Å²) in [4.78, 5) is 38.8. The molecule has 0 bridgehead atoms. The van der Waals surface area contributed by atoms with E-state index in [1.54, 1.807) is 19.1 Å². The number of carbonyl (C=O) groups is 3. The molecule has 0 aromatic heterocycles. The number of benzene rings is 3. The van der Waals surface area contributed by atoms with Crippen LogP contribution in [0.25, 0.3) is 11.1 Å². The number of nitrogens with zero attached hydrogens (tertiary/aromatic N) is 1. The summed E-state index contributed by atoms with van der Waals surface area (Å²) in [5.41, 5.74) is 6.90. The van der Waals surface area contributed by atoms with Crippen molar-refractivity contribution in [2.45, 2.75) is 38.6 Å². The molecular formula is C27H26ClN3O3. The lowest BCUT2D eigenvalue weighted by molar-refractivity contribution is -0.130. The van der Waals surface area contributed by atoms with Gasteiger partial charge in [0.1, 0.15) is 6.04 Å². The summed E-state index contributed by atoms with van der Waals surface area (Å²) in [6, 6.07) is 21.7. The molecule has 0 saturated carbocycles. The number of nitrogens with one attached hydrogen (secondary N) is 2. The highest BCUT2D eigenvalue weighted by Gasteiger charge is 2.33. The van der Waals surface area contributed by atoms with E-state index in [0.29, 0.717) is 17.1 Å². The van der Waals surface area contributed by atoms with Crippen molar-refractivity contribution < 1.29 is 14.4 Å². The van der Waals surface area contributed by atoms with Crippen molar-refractivity contribution in [3.63, 3.8) is 0 Å². The number of fused-ring (bicyclic) bond motifs is 3. The maximum atomic E-state index is 13.4. The molecule has 2 N–H and O–H groups in total. The van der Waals surface area contributed by atoms with Gasteiger partial charge in [-0.1, -0.05) is 72.3 Å². The van der Waals surface area contributed by atoms with Crippen molar-refractivity contribution in [2.75, 3.05) is 5.01 Å². The van der Waals surface area contributed by atoms with Gasteiger partial charge in [0.2, 0.25) is 5.91 Å². The first-order valence-electron chi connectivity index (χ1n) is 11.2. The van der Waals surface area contributed by atoms with Crippen LogP contribution >= 0.6 is 11.6 Å². The third-order valence-corrected chi connectivity index (χ3v) is 6.39. The fourth-order valence-corrected chi connectivity index (χ4v) is 4.34. The summed E-state index contributed by atoms with van der Waals surface area (Å²) in [6.07, 6.45) is 0.660. The summed E-state index contributed by atoms with van der Waals surface area (Å²) < 4.78 is 0. The minimum atomic E-state index is -0.834. The SMILES string of the molecule is CC1C(=O)N(NC(=O)[C@H](C)NC(=O)CCc2ccccc2Cl)c2ccccc2-c2ccccc21. The predicted molar refractivity (Wildman–Crippen MR) is 133 cm³/mol. The van der Waals surface area contributed by atoms with Gasteiger partial charge in [0.25, 0.3) is 11.8 Å². The summed E-state index contributed by atoms with van der Waals surface area (Å²) in [5, 5.41) is 4.62. The molecule has 0 aliphatic carbocycles. The lowest BCUT2D eigenvalue weighted by Crippen LogP contribution is -2.54. The molecule has 4 rings (SSSR count). The topological polar surface area (TPSA) is 78.5 Å². The highest BCUT2D eigenvalue weighted by Crippen LogP contribution is 2.39. The van der Waals surface area contributed by atoms with Crippen LogP contribution in [0.3, 0.4) is 0 Å². The summed E-state index contributed by atoms with van der Waals surface area (Å²) >= 11 is 6.15. The highest BCUT2D eigenvalue weighted by molar-refractivity contribution is 6.31. The first-order valence-corrected chi connectivity index (χ1v) is 11.6. The Labute approximate surface area is 203 Å². The van der Waals surface area contributed by atoms with Crippen LogP contribution < -0.4 is 15.8 Å². The van der Waals surface area contributed by atoms with Crippen molar-refractivity contribution in [1.29, 1.82) is 0 Å². The number of hydrogen-bond donors (Lipinski definition) is 2. The molecule has 3 aromatic rings. The molecule has 1 aliphatic heterocycles. The average molecular weight is 476 g/mol. The number of halogens is 1. The normalized spacial score (nSPS) is 15.6. The quantitative estimate of drug-likeness (QED) is 0.545. The van der Waals surface area contributed by atoms with E-state index in [-0.39, 0.29) is 18.2 Å². The molecular weight excluding hydrogens is 450 g/mol. The zero-order valence-electron chi connectivity index (χ0n) is 19.0. The molecule has 0 saturated heterocycles. The van der Waals surface area contributed by atoms with Gasteiger partial charge in [-0.25, -0.2) is 5.01 Å². The van der Waals surface area contributed by atoms with Gasteiger partial charge in [-0.15, -0.1) is 0 Å². The Bertz CT molecular complexity index is 1240. The molecule has 1 aliphatic rings. The molecule has 1 heterocycles.